The first-order valence-electron chi connectivity index (χ1n) is 7.89. The van der Waals surface area contributed by atoms with Crippen LogP contribution in [0.2, 0.25) is 0 Å². The van der Waals surface area contributed by atoms with Gasteiger partial charge in [-0.05, 0) is 56.7 Å². The fourth-order valence-corrected chi connectivity index (χ4v) is 4.20. The predicted molar refractivity (Wildman–Crippen MR) is 81.8 cm³/mol. The lowest BCUT2D eigenvalue weighted by Gasteiger charge is -2.28. The van der Waals surface area contributed by atoms with Crippen LogP contribution in [0.15, 0.2) is 30.3 Å². The van der Waals surface area contributed by atoms with E-state index in [1.165, 1.54) is 19.3 Å². The molecule has 4 atom stereocenters. The van der Waals surface area contributed by atoms with Crippen LogP contribution in [0.5, 0.6) is 5.75 Å². The highest BCUT2D eigenvalue weighted by atomic mass is 16.5. The number of fused-ring (bicyclic) bond motifs is 2. The summed E-state index contributed by atoms with van der Waals surface area (Å²) < 4.78 is 5.76. The first-order valence-corrected chi connectivity index (χ1v) is 7.89. The average molecular weight is 274 g/mol. The summed E-state index contributed by atoms with van der Waals surface area (Å²) in [5.74, 6) is 2.55. The van der Waals surface area contributed by atoms with Gasteiger partial charge in [-0.15, -0.1) is 0 Å². The fraction of sp³-hybridized carbons (Fsp3) is 0.647. The molecule has 1 aromatic rings. The number of hydrogen-bond acceptors (Lipinski definition) is 3. The van der Waals surface area contributed by atoms with Crippen LogP contribution in [0.1, 0.15) is 25.7 Å². The number of benzene rings is 1. The van der Waals surface area contributed by atoms with Crippen molar-refractivity contribution in [2.24, 2.45) is 17.6 Å². The van der Waals surface area contributed by atoms with Crippen molar-refractivity contribution in [3.8, 4) is 5.75 Å². The summed E-state index contributed by atoms with van der Waals surface area (Å²) in [4.78, 5) is 2.53. The summed E-state index contributed by atoms with van der Waals surface area (Å²) in [6.45, 7) is 1.90. The molecular formula is C17H26N2O. The molecule has 2 N–H and O–H groups in total. The van der Waals surface area contributed by atoms with E-state index in [1.54, 1.807) is 0 Å². The highest BCUT2D eigenvalue weighted by Gasteiger charge is 2.47. The molecule has 0 amide bonds. The second-order valence-electron chi connectivity index (χ2n) is 6.39. The van der Waals surface area contributed by atoms with Crippen LogP contribution in [0, 0.1) is 11.8 Å². The summed E-state index contributed by atoms with van der Waals surface area (Å²) >= 11 is 0. The Morgan fingerprint density at radius 1 is 1.25 bits per heavy atom. The largest absolute Gasteiger partial charge is 0.494 e. The number of hydrogen-bond donors (Lipinski definition) is 1. The van der Waals surface area contributed by atoms with Crippen LogP contribution in [-0.2, 0) is 0 Å². The van der Waals surface area contributed by atoms with Crippen molar-refractivity contribution in [3.63, 3.8) is 0 Å². The number of rotatable bonds is 6. The van der Waals surface area contributed by atoms with E-state index >= 15 is 0 Å². The second-order valence-corrected chi connectivity index (χ2v) is 6.39. The Bertz CT molecular complexity index is 422. The molecule has 0 saturated heterocycles. The lowest BCUT2D eigenvalue weighted by molar-refractivity contribution is 0.176. The summed E-state index contributed by atoms with van der Waals surface area (Å²) in [5, 5.41) is 0. The third-order valence-corrected chi connectivity index (χ3v) is 5.09. The van der Waals surface area contributed by atoms with Crippen molar-refractivity contribution in [2.75, 3.05) is 20.2 Å². The molecule has 0 heterocycles. The van der Waals surface area contributed by atoms with E-state index in [2.05, 4.69) is 11.9 Å². The Morgan fingerprint density at radius 2 is 2.05 bits per heavy atom. The van der Waals surface area contributed by atoms with Gasteiger partial charge in [0.25, 0.3) is 0 Å². The van der Waals surface area contributed by atoms with E-state index in [4.69, 9.17) is 10.5 Å². The summed E-state index contributed by atoms with van der Waals surface area (Å²) in [5.41, 5.74) is 6.23. The minimum atomic E-state index is 0.446. The molecule has 4 unspecified atom stereocenters. The van der Waals surface area contributed by atoms with Gasteiger partial charge in [-0.3, -0.25) is 0 Å². The highest BCUT2D eigenvalue weighted by Crippen LogP contribution is 2.46. The molecular weight excluding hydrogens is 248 g/mol. The Hall–Kier alpha value is -1.06. The lowest BCUT2D eigenvalue weighted by Crippen LogP contribution is -2.39. The number of para-hydroxylation sites is 1. The number of nitrogens with two attached hydrogens (primary N) is 1. The van der Waals surface area contributed by atoms with Crippen molar-refractivity contribution in [1.82, 2.24) is 4.90 Å². The van der Waals surface area contributed by atoms with E-state index in [1.807, 2.05) is 30.3 Å². The fourth-order valence-electron chi connectivity index (χ4n) is 4.20. The molecule has 2 saturated carbocycles. The maximum absolute atomic E-state index is 6.23. The van der Waals surface area contributed by atoms with Gasteiger partial charge in [-0.1, -0.05) is 18.2 Å². The topological polar surface area (TPSA) is 38.5 Å². The second kappa shape index (κ2) is 6.15. The van der Waals surface area contributed by atoms with E-state index in [0.717, 1.165) is 43.2 Å². The first kappa shape index (κ1) is 13.9. The SMILES string of the molecule is CN(CCCOc1ccccc1)C1C2CCC1C(N)C2. The molecule has 110 valence electrons. The predicted octanol–water partition coefficient (Wildman–Crippen LogP) is 2.51. The normalized spacial score (nSPS) is 31.9. The van der Waals surface area contributed by atoms with Crippen LogP contribution < -0.4 is 10.5 Å². The standard InChI is InChI=1S/C17H26N2O/c1-19(17-13-8-9-15(17)16(18)12-13)10-5-11-20-14-6-3-2-4-7-14/h2-4,6-7,13,15-17H,5,8-12,18H2,1H3. The maximum atomic E-state index is 6.23. The molecule has 3 heteroatoms. The van der Waals surface area contributed by atoms with Gasteiger partial charge in [0, 0.05) is 18.6 Å². The molecule has 2 fully saturated rings. The molecule has 2 aliphatic rings. The van der Waals surface area contributed by atoms with E-state index in [9.17, 15) is 0 Å². The summed E-state index contributed by atoms with van der Waals surface area (Å²) in [6, 6.07) is 11.2. The maximum Gasteiger partial charge on any atom is 0.119 e. The van der Waals surface area contributed by atoms with Gasteiger partial charge in [-0.25, -0.2) is 0 Å². The Labute approximate surface area is 122 Å². The third-order valence-electron chi connectivity index (χ3n) is 5.09. The molecule has 3 nitrogen and oxygen atoms in total. The van der Waals surface area contributed by atoms with Gasteiger partial charge in [0.15, 0.2) is 0 Å². The molecule has 20 heavy (non-hydrogen) atoms. The molecule has 3 rings (SSSR count). The molecule has 1 aromatic carbocycles. The molecule has 2 aliphatic carbocycles. The van der Waals surface area contributed by atoms with Crippen molar-refractivity contribution in [1.29, 1.82) is 0 Å². The van der Waals surface area contributed by atoms with E-state index in [0.29, 0.717) is 6.04 Å². The van der Waals surface area contributed by atoms with Gasteiger partial charge in [0.1, 0.15) is 5.75 Å². The quantitative estimate of drug-likeness (QED) is 0.810. The summed E-state index contributed by atoms with van der Waals surface area (Å²) in [6.07, 6.45) is 5.03. The minimum Gasteiger partial charge on any atom is -0.494 e. The lowest BCUT2D eigenvalue weighted by atomic mass is 9.96. The Balaban J connectivity index is 1.41. The van der Waals surface area contributed by atoms with Crippen LogP contribution in [0.4, 0.5) is 0 Å². The van der Waals surface area contributed by atoms with Crippen molar-refractivity contribution in [2.45, 2.75) is 37.8 Å². The van der Waals surface area contributed by atoms with E-state index in [-0.39, 0.29) is 0 Å². The molecule has 2 bridgehead atoms. The van der Waals surface area contributed by atoms with Gasteiger partial charge < -0.3 is 15.4 Å². The van der Waals surface area contributed by atoms with Crippen LogP contribution in [0.3, 0.4) is 0 Å². The zero-order valence-corrected chi connectivity index (χ0v) is 12.4. The molecule has 0 spiro atoms. The Kier molecular flexibility index (Phi) is 4.27. The minimum absolute atomic E-state index is 0.446. The van der Waals surface area contributed by atoms with Crippen molar-refractivity contribution < 1.29 is 4.74 Å². The van der Waals surface area contributed by atoms with Gasteiger partial charge in [-0.2, -0.15) is 0 Å². The summed E-state index contributed by atoms with van der Waals surface area (Å²) in [7, 11) is 2.26. The Morgan fingerprint density at radius 3 is 2.70 bits per heavy atom. The van der Waals surface area contributed by atoms with Crippen LogP contribution in [0.25, 0.3) is 0 Å². The first-order chi connectivity index (χ1) is 9.75. The van der Waals surface area contributed by atoms with Crippen LogP contribution in [-0.4, -0.2) is 37.2 Å². The molecule has 0 aliphatic heterocycles. The smallest absolute Gasteiger partial charge is 0.119 e. The molecule has 0 radical (unpaired) electrons. The molecule has 0 aromatic heterocycles. The third kappa shape index (κ3) is 2.84. The average Bonchev–Trinajstić information content (AvgIpc) is 3.01. The monoisotopic (exact) mass is 274 g/mol. The number of nitrogens with zero attached hydrogens (tertiary/aromatic N) is 1. The zero-order chi connectivity index (χ0) is 13.9. The highest BCUT2D eigenvalue weighted by molar-refractivity contribution is 5.20. The zero-order valence-electron chi connectivity index (χ0n) is 12.4. The van der Waals surface area contributed by atoms with Gasteiger partial charge in [0.05, 0.1) is 6.61 Å². The van der Waals surface area contributed by atoms with Crippen molar-refractivity contribution >= 4 is 0 Å². The van der Waals surface area contributed by atoms with E-state index < -0.39 is 0 Å². The van der Waals surface area contributed by atoms with Crippen LogP contribution >= 0.6 is 0 Å². The van der Waals surface area contributed by atoms with Gasteiger partial charge >= 0.3 is 0 Å². The van der Waals surface area contributed by atoms with Crippen molar-refractivity contribution in [3.05, 3.63) is 30.3 Å². The van der Waals surface area contributed by atoms with Gasteiger partial charge in [0.2, 0.25) is 0 Å². The number of ether oxygens (including phenoxy) is 1.